The number of hydrogen-bond donors (Lipinski definition) is 0. The molecule has 23 heavy (non-hydrogen) atoms. The third-order valence-electron chi connectivity index (χ3n) is 3.82. The Morgan fingerprint density at radius 3 is 2.65 bits per heavy atom. The van der Waals surface area contributed by atoms with E-state index in [-0.39, 0.29) is 0 Å². The van der Waals surface area contributed by atoms with Gasteiger partial charge >= 0.3 is 0 Å². The summed E-state index contributed by atoms with van der Waals surface area (Å²) in [5, 5.41) is 7.41. The molecule has 0 radical (unpaired) electrons. The molecule has 120 valence electrons. The maximum Gasteiger partial charge on any atom is 0.126 e. The standard InChI is InChI=1S/C18H20ClN3O/c19-18-8-2-1-5-16(18)15-21-10-12-22(13-11-21)20-9-3-6-17-7-4-14-23-17/h1-9,14H,10-13,15H2/b6-3+,20-9-. The van der Waals surface area contributed by atoms with Crippen LogP contribution < -0.4 is 0 Å². The lowest BCUT2D eigenvalue weighted by molar-refractivity contribution is 0.131. The Balaban J connectivity index is 1.44. The first kappa shape index (κ1) is 15.8. The number of rotatable bonds is 5. The van der Waals surface area contributed by atoms with Crippen molar-refractivity contribution in [3.63, 3.8) is 0 Å². The van der Waals surface area contributed by atoms with Crippen LogP contribution in [0.3, 0.4) is 0 Å². The predicted molar refractivity (Wildman–Crippen MR) is 94.5 cm³/mol. The van der Waals surface area contributed by atoms with E-state index in [9.17, 15) is 0 Å². The van der Waals surface area contributed by atoms with Gasteiger partial charge in [0.15, 0.2) is 0 Å². The molecule has 0 aliphatic carbocycles. The lowest BCUT2D eigenvalue weighted by Gasteiger charge is -2.33. The minimum absolute atomic E-state index is 0.834. The molecule has 3 rings (SSSR count). The van der Waals surface area contributed by atoms with Crippen LogP contribution >= 0.6 is 11.6 Å². The largest absolute Gasteiger partial charge is 0.465 e. The molecule has 2 aromatic rings. The summed E-state index contributed by atoms with van der Waals surface area (Å²) in [4.78, 5) is 2.41. The highest BCUT2D eigenvalue weighted by molar-refractivity contribution is 6.31. The Labute approximate surface area is 141 Å². The van der Waals surface area contributed by atoms with Crippen molar-refractivity contribution in [2.75, 3.05) is 26.2 Å². The summed E-state index contributed by atoms with van der Waals surface area (Å²) in [6, 6.07) is 11.8. The first-order valence-electron chi connectivity index (χ1n) is 7.76. The molecule has 0 unspecified atom stereocenters. The minimum Gasteiger partial charge on any atom is -0.465 e. The highest BCUT2D eigenvalue weighted by Crippen LogP contribution is 2.17. The van der Waals surface area contributed by atoms with E-state index in [0.717, 1.165) is 43.5 Å². The third kappa shape index (κ3) is 4.71. The molecule has 0 saturated carbocycles. The molecule has 1 aromatic heterocycles. The van der Waals surface area contributed by atoms with E-state index in [1.807, 2.05) is 48.7 Å². The Morgan fingerprint density at radius 2 is 1.91 bits per heavy atom. The van der Waals surface area contributed by atoms with E-state index in [1.165, 1.54) is 5.56 Å². The van der Waals surface area contributed by atoms with Gasteiger partial charge in [0.25, 0.3) is 0 Å². The van der Waals surface area contributed by atoms with Crippen LogP contribution in [0.1, 0.15) is 11.3 Å². The van der Waals surface area contributed by atoms with E-state index in [4.69, 9.17) is 16.0 Å². The Bertz CT molecular complexity index is 659. The smallest absolute Gasteiger partial charge is 0.126 e. The van der Waals surface area contributed by atoms with Crippen LogP contribution in [-0.4, -0.2) is 42.3 Å². The number of benzene rings is 1. The third-order valence-corrected chi connectivity index (χ3v) is 4.19. The van der Waals surface area contributed by atoms with Gasteiger partial charge < -0.3 is 4.42 Å². The van der Waals surface area contributed by atoms with E-state index in [0.29, 0.717) is 0 Å². The second-order valence-corrected chi connectivity index (χ2v) is 5.87. The van der Waals surface area contributed by atoms with Crippen LogP contribution in [-0.2, 0) is 6.54 Å². The van der Waals surface area contributed by atoms with Crippen LogP contribution in [0.25, 0.3) is 6.08 Å². The topological polar surface area (TPSA) is 32.0 Å². The highest BCUT2D eigenvalue weighted by Gasteiger charge is 2.15. The monoisotopic (exact) mass is 329 g/mol. The molecule has 0 N–H and O–H groups in total. The van der Waals surface area contributed by atoms with Gasteiger partial charge in [-0.1, -0.05) is 29.8 Å². The molecule has 1 saturated heterocycles. The molecule has 1 aliphatic rings. The molecule has 0 atom stereocenters. The van der Waals surface area contributed by atoms with Gasteiger partial charge in [0.05, 0.1) is 6.26 Å². The normalized spacial score (nSPS) is 16.7. The quantitative estimate of drug-likeness (QED) is 0.783. The highest BCUT2D eigenvalue weighted by atomic mass is 35.5. The van der Waals surface area contributed by atoms with Gasteiger partial charge in [-0.15, -0.1) is 0 Å². The first-order chi connectivity index (χ1) is 11.3. The fourth-order valence-electron chi connectivity index (χ4n) is 2.54. The number of hydrazone groups is 1. The van der Waals surface area contributed by atoms with E-state index >= 15 is 0 Å². The number of piperazine rings is 1. The van der Waals surface area contributed by atoms with Crippen LogP contribution in [0.5, 0.6) is 0 Å². The SMILES string of the molecule is Clc1ccccc1CN1CCN(/N=C\C=C\c2ccco2)CC1. The molecule has 0 bridgehead atoms. The lowest BCUT2D eigenvalue weighted by atomic mass is 10.2. The molecular weight excluding hydrogens is 310 g/mol. The molecule has 1 aromatic carbocycles. The molecule has 0 amide bonds. The van der Waals surface area contributed by atoms with Crippen molar-refractivity contribution in [1.82, 2.24) is 9.91 Å². The lowest BCUT2D eigenvalue weighted by Crippen LogP contribution is -2.43. The van der Waals surface area contributed by atoms with E-state index < -0.39 is 0 Å². The van der Waals surface area contributed by atoms with Gasteiger partial charge in [0, 0.05) is 44.0 Å². The predicted octanol–water partition coefficient (Wildman–Crippen LogP) is 3.75. The molecule has 5 heteroatoms. The van der Waals surface area contributed by atoms with Crippen molar-refractivity contribution >= 4 is 23.9 Å². The van der Waals surface area contributed by atoms with Crippen molar-refractivity contribution in [3.05, 3.63) is 65.1 Å². The number of hydrogen-bond acceptors (Lipinski definition) is 4. The second kappa shape index (κ2) is 7.99. The van der Waals surface area contributed by atoms with Gasteiger partial charge in [0.1, 0.15) is 5.76 Å². The Kier molecular flexibility index (Phi) is 5.51. The summed E-state index contributed by atoms with van der Waals surface area (Å²) < 4.78 is 5.23. The summed E-state index contributed by atoms with van der Waals surface area (Å²) in [6.45, 7) is 4.73. The van der Waals surface area contributed by atoms with Crippen molar-refractivity contribution in [1.29, 1.82) is 0 Å². The molecule has 4 nitrogen and oxygen atoms in total. The van der Waals surface area contributed by atoms with Crippen molar-refractivity contribution in [3.8, 4) is 0 Å². The van der Waals surface area contributed by atoms with Gasteiger partial charge in [-0.05, 0) is 35.9 Å². The molecule has 0 spiro atoms. The maximum absolute atomic E-state index is 6.22. The summed E-state index contributed by atoms with van der Waals surface area (Å²) in [5.41, 5.74) is 1.19. The van der Waals surface area contributed by atoms with E-state index in [1.54, 1.807) is 6.26 Å². The molecule has 2 heterocycles. The van der Waals surface area contributed by atoms with Gasteiger partial charge in [-0.2, -0.15) is 5.10 Å². The maximum atomic E-state index is 6.22. The summed E-state index contributed by atoms with van der Waals surface area (Å²) in [6.07, 6.45) is 7.27. The summed E-state index contributed by atoms with van der Waals surface area (Å²) in [7, 11) is 0. The summed E-state index contributed by atoms with van der Waals surface area (Å²) in [5.74, 6) is 0.834. The van der Waals surface area contributed by atoms with Gasteiger partial charge in [-0.3, -0.25) is 9.91 Å². The van der Waals surface area contributed by atoms with Crippen LogP contribution in [0.2, 0.25) is 5.02 Å². The zero-order valence-electron chi connectivity index (χ0n) is 12.9. The van der Waals surface area contributed by atoms with Crippen LogP contribution in [0.4, 0.5) is 0 Å². The fraction of sp³-hybridized carbons (Fsp3) is 0.278. The number of allylic oxidation sites excluding steroid dienone is 1. The van der Waals surface area contributed by atoms with E-state index in [2.05, 4.69) is 21.1 Å². The fourth-order valence-corrected chi connectivity index (χ4v) is 2.73. The van der Waals surface area contributed by atoms with Crippen molar-refractivity contribution in [2.45, 2.75) is 6.54 Å². The van der Waals surface area contributed by atoms with Gasteiger partial charge in [0.2, 0.25) is 0 Å². The van der Waals surface area contributed by atoms with Gasteiger partial charge in [-0.25, -0.2) is 0 Å². The average molecular weight is 330 g/mol. The van der Waals surface area contributed by atoms with Crippen molar-refractivity contribution in [2.24, 2.45) is 5.10 Å². The number of halogens is 1. The zero-order chi connectivity index (χ0) is 15.9. The Morgan fingerprint density at radius 1 is 1.09 bits per heavy atom. The minimum atomic E-state index is 0.834. The first-order valence-corrected chi connectivity index (χ1v) is 8.14. The average Bonchev–Trinajstić information content (AvgIpc) is 3.09. The van der Waals surface area contributed by atoms with Crippen LogP contribution in [0, 0.1) is 0 Å². The zero-order valence-corrected chi connectivity index (χ0v) is 13.7. The number of nitrogens with zero attached hydrogens (tertiary/aromatic N) is 3. The second-order valence-electron chi connectivity index (χ2n) is 5.46. The number of furan rings is 1. The molecular formula is C18H20ClN3O. The van der Waals surface area contributed by atoms with Crippen LogP contribution in [0.15, 0.2) is 58.3 Å². The summed E-state index contributed by atoms with van der Waals surface area (Å²) >= 11 is 6.22. The molecule has 1 aliphatic heterocycles. The molecule has 1 fully saturated rings. The van der Waals surface area contributed by atoms with Crippen molar-refractivity contribution < 1.29 is 4.42 Å². The Hall–Kier alpha value is -2.04.